The normalized spacial score (nSPS) is 16.3. The Labute approximate surface area is 133 Å². The first-order valence-electron chi connectivity index (χ1n) is 8.03. The minimum atomic E-state index is -0.140. The molecule has 2 amide bonds. The van der Waals surface area contributed by atoms with Gasteiger partial charge in [-0.05, 0) is 23.1 Å². The number of rotatable bonds is 4. The second kappa shape index (κ2) is 7.61. The highest BCUT2D eigenvalue weighted by Gasteiger charge is 2.13. The van der Waals surface area contributed by atoms with Crippen molar-refractivity contribution in [2.75, 3.05) is 44.6 Å². The molecule has 1 heterocycles. The second-order valence-electron chi connectivity index (χ2n) is 6.80. The topological polar surface area (TPSA) is 56.4 Å². The SMILES string of the molecule is CC(C)(C)c1ccc(NC(=O)NCCN2CCNCC2)cc1. The number of hydrogen-bond acceptors (Lipinski definition) is 3. The first kappa shape index (κ1) is 16.8. The molecule has 0 radical (unpaired) electrons. The highest BCUT2D eigenvalue weighted by molar-refractivity contribution is 5.89. The van der Waals surface area contributed by atoms with Crippen LogP contribution in [0.2, 0.25) is 0 Å². The monoisotopic (exact) mass is 304 g/mol. The Hall–Kier alpha value is -1.59. The Morgan fingerprint density at radius 3 is 2.41 bits per heavy atom. The van der Waals surface area contributed by atoms with Crippen molar-refractivity contribution in [1.82, 2.24) is 15.5 Å². The summed E-state index contributed by atoms with van der Waals surface area (Å²) >= 11 is 0. The fraction of sp³-hybridized carbons (Fsp3) is 0.588. The van der Waals surface area contributed by atoms with E-state index < -0.39 is 0 Å². The zero-order valence-corrected chi connectivity index (χ0v) is 13.9. The van der Waals surface area contributed by atoms with Gasteiger partial charge in [-0.25, -0.2) is 4.79 Å². The summed E-state index contributed by atoms with van der Waals surface area (Å²) in [5.41, 5.74) is 2.22. The fourth-order valence-electron chi connectivity index (χ4n) is 2.49. The van der Waals surface area contributed by atoms with Crippen molar-refractivity contribution in [1.29, 1.82) is 0 Å². The summed E-state index contributed by atoms with van der Waals surface area (Å²) in [5.74, 6) is 0. The molecule has 2 rings (SSSR count). The molecule has 122 valence electrons. The van der Waals surface area contributed by atoms with Crippen LogP contribution in [0, 0.1) is 0 Å². The summed E-state index contributed by atoms with van der Waals surface area (Å²) in [5, 5.41) is 9.11. The van der Waals surface area contributed by atoms with Crippen molar-refractivity contribution in [2.45, 2.75) is 26.2 Å². The number of hydrogen-bond donors (Lipinski definition) is 3. The van der Waals surface area contributed by atoms with Crippen LogP contribution >= 0.6 is 0 Å². The van der Waals surface area contributed by atoms with E-state index in [1.165, 1.54) is 5.56 Å². The van der Waals surface area contributed by atoms with E-state index in [0.717, 1.165) is 38.4 Å². The molecule has 0 spiro atoms. The van der Waals surface area contributed by atoms with Crippen molar-refractivity contribution in [3.8, 4) is 0 Å². The molecule has 3 N–H and O–H groups in total. The molecule has 0 saturated carbocycles. The van der Waals surface area contributed by atoms with E-state index in [4.69, 9.17) is 0 Å². The largest absolute Gasteiger partial charge is 0.337 e. The van der Waals surface area contributed by atoms with Crippen LogP contribution in [-0.2, 0) is 5.41 Å². The number of nitrogens with one attached hydrogen (secondary N) is 3. The molecule has 0 unspecified atom stereocenters. The fourth-order valence-corrected chi connectivity index (χ4v) is 2.49. The number of amides is 2. The Bertz CT molecular complexity index is 472. The maximum Gasteiger partial charge on any atom is 0.319 e. The van der Waals surface area contributed by atoms with E-state index >= 15 is 0 Å². The van der Waals surface area contributed by atoms with Gasteiger partial charge in [0.05, 0.1) is 0 Å². The summed E-state index contributed by atoms with van der Waals surface area (Å²) < 4.78 is 0. The molecular weight excluding hydrogens is 276 g/mol. The van der Waals surface area contributed by atoms with E-state index in [1.807, 2.05) is 12.1 Å². The Kier molecular flexibility index (Phi) is 5.80. The van der Waals surface area contributed by atoms with Crippen molar-refractivity contribution >= 4 is 11.7 Å². The molecule has 5 heteroatoms. The molecule has 0 aliphatic carbocycles. The summed E-state index contributed by atoms with van der Waals surface area (Å²) in [4.78, 5) is 14.2. The number of anilines is 1. The third-order valence-electron chi connectivity index (χ3n) is 3.93. The molecule has 1 aromatic carbocycles. The molecular formula is C17H28N4O. The molecule has 22 heavy (non-hydrogen) atoms. The van der Waals surface area contributed by atoms with E-state index in [9.17, 15) is 4.79 Å². The Morgan fingerprint density at radius 2 is 1.82 bits per heavy atom. The minimum absolute atomic E-state index is 0.129. The van der Waals surface area contributed by atoms with Gasteiger partial charge < -0.3 is 16.0 Å². The summed E-state index contributed by atoms with van der Waals surface area (Å²) in [7, 11) is 0. The van der Waals surface area contributed by atoms with Gasteiger partial charge >= 0.3 is 6.03 Å². The van der Waals surface area contributed by atoms with Crippen LogP contribution in [0.4, 0.5) is 10.5 Å². The van der Waals surface area contributed by atoms with E-state index in [-0.39, 0.29) is 11.4 Å². The van der Waals surface area contributed by atoms with Crippen LogP contribution in [0.25, 0.3) is 0 Å². The van der Waals surface area contributed by atoms with Gasteiger partial charge in [0.25, 0.3) is 0 Å². The lowest BCUT2D eigenvalue weighted by Crippen LogP contribution is -2.46. The number of piperazine rings is 1. The molecule has 1 aliphatic heterocycles. The van der Waals surface area contributed by atoms with Gasteiger partial charge in [0, 0.05) is 45.0 Å². The van der Waals surface area contributed by atoms with Gasteiger partial charge in [-0.15, -0.1) is 0 Å². The van der Waals surface area contributed by atoms with Crippen molar-refractivity contribution in [2.24, 2.45) is 0 Å². The first-order valence-corrected chi connectivity index (χ1v) is 8.03. The minimum Gasteiger partial charge on any atom is -0.337 e. The lowest BCUT2D eigenvalue weighted by molar-refractivity contribution is 0.233. The third-order valence-corrected chi connectivity index (χ3v) is 3.93. The molecule has 1 fully saturated rings. The van der Waals surface area contributed by atoms with Crippen LogP contribution in [0.5, 0.6) is 0 Å². The molecule has 0 bridgehead atoms. The van der Waals surface area contributed by atoms with Gasteiger partial charge in [-0.1, -0.05) is 32.9 Å². The van der Waals surface area contributed by atoms with Crippen molar-refractivity contribution < 1.29 is 4.79 Å². The predicted octanol–water partition coefficient (Wildman–Crippen LogP) is 2.01. The van der Waals surface area contributed by atoms with Crippen LogP contribution in [-0.4, -0.2) is 50.2 Å². The number of nitrogens with zero attached hydrogens (tertiary/aromatic N) is 1. The smallest absolute Gasteiger partial charge is 0.319 e. The first-order chi connectivity index (χ1) is 10.4. The quantitative estimate of drug-likeness (QED) is 0.797. The van der Waals surface area contributed by atoms with E-state index in [1.54, 1.807) is 0 Å². The van der Waals surface area contributed by atoms with Gasteiger partial charge in [0.1, 0.15) is 0 Å². The van der Waals surface area contributed by atoms with Crippen LogP contribution < -0.4 is 16.0 Å². The Morgan fingerprint density at radius 1 is 1.18 bits per heavy atom. The average molecular weight is 304 g/mol. The molecule has 1 saturated heterocycles. The van der Waals surface area contributed by atoms with Crippen molar-refractivity contribution in [3.05, 3.63) is 29.8 Å². The summed E-state index contributed by atoms with van der Waals surface area (Å²) in [6.45, 7) is 12.3. The maximum atomic E-state index is 11.9. The maximum absolute atomic E-state index is 11.9. The third kappa shape index (κ3) is 5.31. The Balaban J connectivity index is 1.72. The molecule has 0 atom stereocenters. The number of urea groups is 1. The van der Waals surface area contributed by atoms with Crippen molar-refractivity contribution in [3.63, 3.8) is 0 Å². The molecule has 1 aromatic rings. The van der Waals surface area contributed by atoms with E-state index in [2.05, 4.69) is 53.8 Å². The predicted molar refractivity (Wildman–Crippen MR) is 91.5 cm³/mol. The summed E-state index contributed by atoms with van der Waals surface area (Å²) in [6, 6.07) is 7.90. The van der Waals surface area contributed by atoms with Gasteiger partial charge in [-0.3, -0.25) is 4.90 Å². The van der Waals surface area contributed by atoms with E-state index in [0.29, 0.717) is 6.54 Å². The average Bonchev–Trinajstić information content (AvgIpc) is 2.48. The highest BCUT2D eigenvalue weighted by atomic mass is 16.2. The zero-order valence-electron chi connectivity index (χ0n) is 13.9. The lowest BCUT2D eigenvalue weighted by atomic mass is 9.87. The number of carbonyl (C=O) groups is 1. The highest BCUT2D eigenvalue weighted by Crippen LogP contribution is 2.23. The van der Waals surface area contributed by atoms with Gasteiger partial charge in [0.15, 0.2) is 0 Å². The lowest BCUT2D eigenvalue weighted by Gasteiger charge is -2.27. The van der Waals surface area contributed by atoms with Gasteiger partial charge in [0.2, 0.25) is 0 Å². The van der Waals surface area contributed by atoms with Crippen LogP contribution in [0.3, 0.4) is 0 Å². The second-order valence-corrected chi connectivity index (χ2v) is 6.80. The van der Waals surface area contributed by atoms with Crippen LogP contribution in [0.1, 0.15) is 26.3 Å². The molecule has 5 nitrogen and oxygen atoms in total. The molecule has 1 aliphatic rings. The molecule has 0 aromatic heterocycles. The number of benzene rings is 1. The summed E-state index contributed by atoms with van der Waals surface area (Å²) in [6.07, 6.45) is 0. The van der Waals surface area contributed by atoms with Crippen LogP contribution in [0.15, 0.2) is 24.3 Å². The van der Waals surface area contributed by atoms with Gasteiger partial charge in [-0.2, -0.15) is 0 Å². The zero-order chi connectivity index (χ0) is 16.0. The number of carbonyl (C=O) groups excluding carboxylic acids is 1. The standard InChI is InChI=1S/C17H28N4O/c1-17(2,3)14-4-6-15(7-5-14)20-16(22)19-10-13-21-11-8-18-9-12-21/h4-7,18H,8-13H2,1-3H3,(H2,19,20,22).